The standard InChI is InChI=1S/C10H7ClFN/c11-6-10-8(12)5-7-3-1-2-4-9(7)13-10/h1-5H,6H2. The second-order valence-corrected chi connectivity index (χ2v) is 3.01. The number of hydrogen-bond acceptors (Lipinski definition) is 1. The van der Waals surface area contributed by atoms with Crippen molar-refractivity contribution in [2.24, 2.45) is 0 Å². The van der Waals surface area contributed by atoms with Crippen LogP contribution in [0.3, 0.4) is 0 Å². The third-order valence-electron chi connectivity index (χ3n) is 1.88. The third kappa shape index (κ3) is 1.49. The Hall–Kier alpha value is -1.15. The summed E-state index contributed by atoms with van der Waals surface area (Å²) < 4.78 is 13.2. The Morgan fingerprint density at radius 1 is 1.31 bits per heavy atom. The second-order valence-electron chi connectivity index (χ2n) is 2.74. The quantitative estimate of drug-likeness (QED) is 0.638. The van der Waals surface area contributed by atoms with Crippen LogP contribution in [0.4, 0.5) is 4.39 Å². The summed E-state index contributed by atoms with van der Waals surface area (Å²) in [7, 11) is 0. The van der Waals surface area contributed by atoms with Crippen LogP contribution < -0.4 is 0 Å². The van der Waals surface area contributed by atoms with Crippen molar-refractivity contribution in [3.8, 4) is 0 Å². The van der Waals surface area contributed by atoms with Crippen molar-refractivity contribution in [1.82, 2.24) is 4.98 Å². The van der Waals surface area contributed by atoms with Gasteiger partial charge in [0.2, 0.25) is 0 Å². The van der Waals surface area contributed by atoms with Gasteiger partial charge in [0.25, 0.3) is 0 Å². The largest absolute Gasteiger partial charge is 0.248 e. The summed E-state index contributed by atoms with van der Waals surface area (Å²) in [4.78, 5) is 4.09. The van der Waals surface area contributed by atoms with E-state index in [9.17, 15) is 4.39 Å². The summed E-state index contributed by atoms with van der Waals surface area (Å²) in [5.74, 6) is -0.231. The zero-order valence-electron chi connectivity index (χ0n) is 6.80. The maximum Gasteiger partial charge on any atom is 0.146 e. The summed E-state index contributed by atoms with van der Waals surface area (Å²) in [5.41, 5.74) is 1.08. The van der Waals surface area contributed by atoms with Gasteiger partial charge in [0.1, 0.15) is 5.82 Å². The van der Waals surface area contributed by atoms with Gasteiger partial charge in [0.15, 0.2) is 0 Å². The zero-order chi connectivity index (χ0) is 9.26. The topological polar surface area (TPSA) is 12.9 Å². The maximum absolute atomic E-state index is 13.2. The summed E-state index contributed by atoms with van der Waals surface area (Å²) in [6, 6.07) is 8.84. The molecule has 0 unspecified atom stereocenters. The molecule has 0 aliphatic rings. The van der Waals surface area contributed by atoms with Crippen molar-refractivity contribution in [1.29, 1.82) is 0 Å². The van der Waals surface area contributed by atoms with Crippen molar-refractivity contribution in [3.63, 3.8) is 0 Å². The van der Waals surface area contributed by atoms with Crippen LogP contribution in [-0.2, 0) is 5.88 Å². The number of para-hydroxylation sites is 1. The smallest absolute Gasteiger partial charge is 0.146 e. The van der Waals surface area contributed by atoms with Crippen molar-refractivity contribution < 1.29 is 4.39 Å². The molecule has 0 aliphatic carbocycles. The van der Waals surface area contributed by atoms with Crippen LogP contribution in [0.5, 0.6) is 0 Å². The van der Waals surface area contributed by atoms with Gasteiger partial charge in [-0.05, 0) is 12.1 Å². The first kappa shape index (κ1) is 8.45. The molecule has 0 bridgehead atoms. The van der Waals surface area contributed by atoms with Gasteiger partial charge in [-0.3, -0.25) is 0 Å². The summed E-state index contributed by atoms with van der Waals surface area (Å²) in [6.45, 7) is 0. The van der Waals surface area contributed by atoms with Gasteiger partial charge in [-0.25, -0.2) is 9.37 Å². The SMILES string of the molecule is Fc1cc2ccccc2nc1CCl. The fourth-order valence-corrected chi connectivity index (χ4v) is 1.41. The molecule has 0 spiro atoms. The van der Waals surface area contributed by atoms with Gasteiger partial charge in [-0.15, -0.1) is 11.6 Å². The van der Waals surface area contributed by atoms with E-state index in [2.05, 4.69) is 4.98 Å². The number of pyridine rings is 1. The first-order valence-corrected chi connectivity index (χ1v) is 4.45. The first-order chi connectivity index (χ1) is 6.31. The molecule has 0 aliphatic heterocycles. The van der Waals surface area contributed by atoms with Gasteiger partial charge in [0, 0.05) is 5.39 Å². The molecule has 0 saturated carbocycles. The predicted molar refractivity (Wildman–Crippen MR) is 51.3 cm³/mol. The van der Waals surface area contributed by atoms with Gasteiger partial charge in [0.05, 0.1) is 17.1 Å². The molecule has 13 heavy (non-hydrogen) atoms. The third-order valence-corrected chi connectivity index (χ3v) is 2.13. The van der Waals surface area contributed by atoms with Crippen molar-refractivity contribution in [2.45, 2.75) is 5.88 Å². The molecular formula is C10H7ClFN. The molecule has 0 amide bonds. The first-order valence-electron chi connectivity index (χ1n) is 3.91. The normalized spacial score (nSPS) is 10.6. The number of rotatable bonds is 1. The Morgan fingerprint density at radius 3 is 2.85 bits per heavy atom. The predicted octanol–water partition coefficient (Wildman–Crippen LogP) is 3.11. The van der Waals surface area contributed by atoms with Crippen LogP contribution in [0, 0.1) is 5.82 Å². The monoisotopic (exact) mass is 195 g/mol. The van der Waals surface area contributed by atoms with Crippen molar-refractivity contribution >= 4 is 22.5 Å². The summed E-state index contributed by atoms with van der Waals surface area (Å²) in [6.07, 6.45) is 0. The number of hydrogen-bond donors (Lipinski definition) is 0. The molecule has 1 nitrogen and oxygen atoms in total. The lowest BCUT2D eigenvalue weighted by molar-refractivity contribution is 0.611. The van der Waals surface area contributed by atoms with E-state index in [1.54, 1.807) is 0 Å². The van der Waals surface area contributed by atoms with Crippen LogP contribution >= 0.6 is 11.6 Å². The Morgan fingerprint density at radius 2 is 2.08 bits per heavy atom. The highest BCUT2D eigenvalue weighted by atomic mass is 35.5. The highest BCUT2D eigenvalue weighted by molar-refractivity contribution is 6.17. The van der Waals surface area contributed by atoms with Crippen molar-refractivity contribution in [2.75, 3.05) is 0 Å². The average molecular weight is 196 g/mol. The number of fused-ring (bicyclic) bond motifs is 1. The molecule has 0 N–H and O–H groups in total. The van der Waals surface area contributed by atoms with E-state index in [4.69, 9.17) is 11.6 Å². The minimum Gasteiger partial charge on any atom is -0.248 e. The number of alkyl halides is 1. The lowest BCUT2D eigenvalue weighted by Crippen LogP contribution is -1.91. The molecule has 1 heterocycles. The van der Waals surface area contributed by atoms with Crippen LogP contribution in [-0.4, -0.2) is 4.98 Å². The van der Waals surface area contributed by atoms with E-state index in [0.29, 0.717) is 5.69 Å². The summed E-state index contributed by atoms with van der Waals surface area (Å²) in [5, 5.41) is 0.800. The molecule has 0 radical (unpaired) electrons. The van der Waals surface area contributed by atoms with E-state index < -0.39 is 0 Å². The minimum atomic E-state index is -0.339. The minimum absolute atomic E-state index is 0.108. The Bertz CT molecular complexity index is 442. The van der Waals surface area contributed by atoms with E-state index in [1.165, 1.54) is 6.07 Å². The van der Waals surface area contributed by atoms with Crippen LogP contribution in [0.15, 0.2) is 30.3 Å². The van der Waals surface area contributed by atoms with Gasteiger partial charge < -0.3 is 0 Å². The number of aromatic nitrogens is 1. The van der Waals surface area contributed by atoms with Crippen molar-refractivity contribution in [3.05, 3.63) is 41.8 Å². The highest BCUT2D eigenvalue weighted by Gasteiger charge is 2.03. The van der Waals surface area contributed by atoms with E-state index in [0.717, 1.165) is 10.9 Å². The van der Waals surface area contributed by atoms with E-state index in [1.807, 2.05) is 24.3 Å². The molecule has 0 saturated heterocycles. The zero-order valence-corrected chi connectivity index (χ0v) is 7.55. The average Bonchev–Trinajstić information content (AvgIpc) is 2.17. The van der Waals surface area contributed by atoms with E-state index in [-0.39, 0.29) is 11.7 Å². The molecular weight excluding hydrogens is 189 g/mol. The molecule has 66 valence electrons. The summed E-state index contributed by atoms with van der Waals surface area (Å²) >= 11 is 5.53. The Balaban J connectivity index is 2.74. The van der Waals surface area contributed by atoms with Crippen LogP contribution in [0.2, 0.25) is 0 Å². The molecule has 3 heteroatoms. The Kier molecular flexibility index (Phi) is 2.15. The molecule has 2 aromatic rings. The lowest BCUT2D eigenvalue weighted by Gasteiger charge is -2.00. The molecule has 0 atom stereocenters. The lowest BCUT2D eigenvalue weighted by atomic mass is 10.2. The highest BCUT2D eigenvalue weighted by Crippen LogP contribution is 2.16. The number of benzene rings is 1. The fourth-order valence-electron chi connectivity index (χ4n) is 1.22. The maximum atomic E-state index is 13.2. The molecule has 0 fully saturated rings. The van der Waals surface area contributed by atoms with Gasteiger partial charge in [-0.1, -0.05) is 18.2 Å². The second kappa shape index (κ2) is 3.30. The number of halogens is 2. The molecule has 1 aromatic carbocycles. The number of nitrogens with zero attached hydrogens (tertiary/aromatic N) is 1. The van der Waals surface area contributed by atoms with Crippen LogP contribution in [0.1, 0.15) is 5.69 Å². The van der Waals surface area contributed by atoms with E-state index >= 15 is 0 Å². The van der Waals surface area contributed by atoms with Gasteiger partial charge in [-0.2, -0.15) is 0 Å². The fraction of sp³-hybridized carbons (Fsp3) is 0.100. The molecule has 2 rings (SSSR count). The Labute approximate surface area is 80.2 Å². The van der Waals surface area contributed by atoms with Gasteiger partial charge >= 0.3 is 0 Å². The molecule has 1 aromatic heterocycles. The van der Waals surface area contributed by atoms with Crippen LogP contribution in [0.25, 0.3) is 10.9 Å².